The largest absolute Gasteiger partial charge is 0.462 e. The van der Waals surface area contributed by atoms with E-state index in [4.69, 9.17) is 14.2 Å². The molecule has 0 aliphatic carbocycles. The highest BCUT2D eigenvalue weighted by Gasteiger charge is 2.19. The maximum absolute atomic E-state index is 12.8. The van der Waals surface area contributed by atoms with E-state index < -0.39 is 6.10 Å². The summed E-state index contributed by atoms with van der Waals surface area (Å²) < 4.78 is 16.7. The van der Waals surface area contributed by atoms with Crippen LogP contribution in [0.2, 0.25) is 0 Å². The van der Waals surface area contributed by atoms with Crippen LogP contribution < -0.4 is 0 Å². The average molecular weight is 901 g/mol. The molecule has 0 saturated carbocycles. The van der Waals surface area contributed by atoms with E-state index in [0.29, 0.717) is 19.3 Å². The molecule has 6 heteroatoms. The molecular weight excluding hydrogens is 805 g/mol. The van der Waals surface area contributed by atoms with Crippen molar-refractivity contribution in [2.45, 2.75) is 232 Å². The van der Waals surface area contributed by atoms with Crippen molar-refractivity contribution in [2.24, 2.45) is 0 Å². The summed E-state index contributed by atoms with van der Waals surface area (Å²) in [6, 6.07) is 0. The van der Waals surface area contributed by atoms with E-state index in [1.54, 1.807) is 0 Å². The first-order valence-electron chi connectivity index (χ1n) is 26.5. The molecule has 0 fully saturated rings. The topological polar surface area (TPSA) is 78.9 Å². The van der Waals surface area contributed by atoms with Crippen molar-refractivity contribution in [3.63, 3.8) is 0 Å². The van der Waals surface area contributed by atoms with E-state index in [1.807, 2.05) is 54.7 Å². The molecule has 0 aromatic carbocycles. The molecule has 6 nitrogen and oxygen atoms in total. The minimum atomic E-state index is -0.823. The third-order valence-electron chi connectivity index (χ3n) is 10.9. The molecule has 0 heterocycles. The van der Waals surface area contributed by atoms with Gasteiger partial charge < -0.3 is 14.2 Å². The van der Waals surface area contributed by atoms with Crippen LogP contribution in [0.5, 0.6) is 0 Å². The molecule has 0 aliphatic heterocycles. The number of hydrogen-bond donors (Lipinski definition) is 0. The second-order valence-corrected chi connectivity index (χ2v) is 17.2. The highest BCUT2D eigenvalue weighted by atomic mass is 16.6. The van der Waals surface area contributed by atoms with Crippen molar-refractivity contribution in [3.05, 3.63) is 109 Å². The molecule has 0 amide bonds. The minimum absolute atomic E-state index is 0.114. The molecule has 0 aliphatic rings. The van der Waals surface area contributed by atoms with E-state index >= 15 is 0 Å². The van der Waals surface area contributed by atoms with Gasteiger partial charge in [-0.2, -0.15) is 0 Å². The summed E-state index contributed by atoms with van der Waals surface area (Å²) in [5, 5.41) is 0. The fourth-order valence-corrected chi connectivity index (χ4v) is 6.99. The number of esters is 3. The quantitative estimate of drug-likeness (QED) is 0.0199. The van der Waals surface area contributed by atoms with Crippen LogP contribution in [0.25, 0.3) is 0 Å². The lowest BCUT2D eigenvalue weighted by Gasteiger charge is -2.18. The van der Waals surface area contributed by atoms with Crippen LogP contribution in [0.1, 0.15) is 226 Å². The van der Waals surface area contributed by atoms with Gasteiger partial charge in [0.1, 0.15) is 13.2 Å². The molecule has 0 N–H and O–H groups in total. The lowest BCUT2D eigenvalue weighted by atomic mass is 10.0. The van der Waals surface area contributed by atoms with Gasteiger partial charge in [-0.1, -0.05) is 246 Å². The fourth-order valence-electron chi connectivity index (χ4n) is 6.99. The second kappa shape index (κ2) is 52.7. The normalized spacial score (nSPS) is 13.0. The predicted molar refractivity (Wildman–Crippen MR) is 279 cm³/mol. The molecule has 0 spiro atoms. The van der Waals surface area contributed by atoms with Crippen molar-refractivity contribution in [1.29, 1.82) is 0 Å². The van der Waals surface area contributed by atoms with Gasteiger partial charge in [0.2, 0.25) is 0 Å². The molecule has 0 bridgehead atoms. The molecule has 65 heavy (non-hydrogen) atoms. The van der Waals surface area contributed by atoms with Gasteiger partial charge in [0.25, 0.3) is 0 Å². The lowest BCUT2D eigenvalue weighted by molar-refractivity contribution is -0.167. The first-order valence-corrected chi connectivity index (χ1v) is 26.5. The Morgan fingerprint density at radius 1 is 0.338 bits per heavy atom. The number of carbonyl (C=O) groups is 3. The summed E-state index contributed by atoms with van der Waals surface area (Å²) in [6.07, 6.45) is 70.9. The van der Waals surface area contributed by atoms with E-state index in [9.17, 15) is 14.4 Å². The van der Waals surface area contributed by atoms with Gasteiger partial charge >= 0.3 is 17.9 Å². The van der Waals surface area contributed by atoms with E-state index in [0.717, 1.165) is 77.0 Å². The summed E-state index contributed by atoms with van der Waals surface area (Å²) in [7, 11) is 0. The van der Waals surface area contributed by atoms with Crippen molar-refractivity contribution >= 4 is 17.9 Å². The highest BCUT2D eigenvalue weighted by Crippen LogP contribution is 2.15. The molecule has 368 valence electrons. The molecule has 0 saturated heterocycles. The zero-order valence-corrected chi connectivity index (χ0v) is 42.0. The van der Waals surface area contributed by atoms with Crippen molar-refractivity contribution in [3.8, 4) is 0 Å². The third-order valence-corrected chi connectivity index (χ3v) is 10.9. The Morgan fingerprint density at radius 2 is 0.692 bits per heavy atom. The third kappa shape index (κ3) is 50.9. The SMILES string of the molecule is CC\C=C/C=C\C=C/C=C\C=C/CCCC(=O)OCC(COC(=O)CCCCCCCCCCCCCCCCCCCC)OC(=O)CCCCC/C=C\C/C=C\C/C=C\C/C=C\CC. The second-order valence-electron chi connectivity index (χ2n) is 17.2. The maximum atomic E-state index is 12.8. The van der Waals surface area contributed by atoms with E-state index in [1.165, 1.54) is 96.3 Å². The smallest absolute Gasteiger partial charge is 0.306 e. The van der Waals surface area contributed by atoms with Crippen molar-refractivity contribution in [1.82, 2.24) is 0 Å². The van der Waals surface area contributed by atoms with Crippen LogP contribution in [-0.4, -0.2) is 37.2 Å². The average Bonchev–Trinajstić information content (AvgIpc) is 3.30. The van der Waals surface area contributed by atoms with Gasteiger partial charge in [-0.3, -0.25) is 14.4 Å². The Morgan fingerprint density at radius 3 is 1.17 bits per heavy atom. The Kier molecular flexibility index (Phi) is 49.5. The Bertz CT molecular complexity index is 1360. The van der Waals surface area contributed by atoms with Crippen molar-refractivity contribution in [2.75, 3.05) is 13.2 Å². The molecule has 0 aromatic heterocycles. The Balaban J connectivity index is 4.50. The van der Waals surface area contributed by atoms with Gasteiger partial charge in [0, 0.05) is 19.3 Å². The number of rotatable bonds is 46. The molecule has 0 rings (SSSR count). The van der Waals surface area contributed by atoms with Crippen LogP contribution in [-0.2, 0) is 28.6 Å². The molecule has 1 atom stereocenters. The zero-order valence-electron chi connectivity index (χ0n) is 42.0. The lowest BCUT2D eigenvalue weighted by Crippen LogP contribution is -2.30. The minimum Gasteiger partial charge on any atom is -0.462 e. The predicted octanol–water partition coefficient (Wildman–Crippen LogP) is 17.5. The monoisotopic (exact) mass is 901 g/mol. The molecule has 1 unspecified atom stereocenters. The summed E-state index contributed by atoms with van der Waals surface area (Å²) in [5.41, 5.74) is 0. The first-order chi connectivity index (χ1) is 32.0. The highest BCUT2D eigenvalue weighted by molar-refractivity contribution is 5.71. The van der Waals surface area contributed by atoms with Crippen LogP contribution in [0, 0.1) is 0 Å². The summed E-state index contributed by atoms with van der Waals surface area (Å²) in [4.78, 5) is 38.0. The van der Waals surface area contributed by atoms with Gasteiger partial charge in [0.05, 0.1) is 0 Å². The Labute approximate surface area is 400 Å². The van der Waals surface area contributed by atoms with Gasteiger partial charge in [-0.25, -0.2) is 0 Å². The van der Waals surface area contributed by atoms with Crippen LogP contribution >= 0.6 is 0 Å². The van der Waals surface area contributed by atoms with Gasteiger partial charge in [-0.15, -0.1) is 0 Å². The van der Waals surface area contributed by atoms with E-state index in [2.05, 4.69) is 75.5 Å². The summed E-state index contributed by atoms with van der Waals surface area (Å²) in [6.45, 7) is 6.29. The van der Waals surface area contributed by atoms with Gasteiger partial charge in [0.15, 0.2) is 6.10 Å². The number of unbranched alkanes of at least 4 members (excludes halogenated alkanes) is 21. The summed E-state index contributed by atoms with van der Waals surface area (Å²) in [5.74, 6) is -1.02. The van der Waals surface area contributed by atoms with Crippen LogP contribution in [0.4, 0.5) is 0 Å². The molecular formula is C59H96O6. The summed E-state index contributed by atoms with van der Waals surface area (Å²) >= 11 is 0. The van der Waals surface area contributed by atoms with Crippen LogP contribution in [0.3, 0.4) is 0 Å². The molecule has 0 radical (unpaired) electrons. The first kappa shape index (κ1) is 61.1. The maximum Gasteiger partial charge on any atom is 0.306 e. The number of carbonyl (C=O) groups excluding carboxylic acids is 3. The van der Waals surface area contributed by atoms with Crippen molar-refractivity contribution < 1.29 is 28.6 Å². The van der Waals surface area contributed by atoms with Gasteiger partial charge in [-0.05, 0) is 70.6 Å². The fraction of sp³-hybridized carbons (Fsp3) is 0.644. The van der Waals surface area contributed by atoms with E-state index in [-0.39, 0.29) is 44.0 Å². The number of ether oxygens (including phenoxy) is 3. The number of allylic oxidation sites excluding steroid dienone is 18. The molecule has 0 aromatic rings. The van der Waals surface area contributed by atoms with Crippen LogP contribution in [0.15, 0.2) is 109 Å². The Hall–Kier alpha value is -3.93. The standard InChI is InChI=1S/C59H96O6/c1-4-7-10-13-16-19-22-25-27-29-30-32-34-37-40-43-46-49-52-58(61)64-55-56(54-63-57(60)51-48-45-42-39-36-33-24-21-18-15-12-9-6-3)65-59(62)53-50-47-44-41-38-35-31-28-26-23-20-17-14-11-8-5-2/h8-9,11-12,15,17-18,20-21,24,26,28,33,35-36,38-39,42,56H,4-7,10,13-14,16,19,22-23,25,27,29-32,34,37,40-41,43-55H2,1-3H3/b11-8-,12-9-,18-15-,20-17-,24-21-,28-26-,36-33-,38-35-,42-39-. The number of hydrogen-bond acceptors (Lipinski definition) is 6. The zero-order chi connectivity index (χ0) is 47.2.